The van der Waals surface area contributed by atoms with E-state index in [9.17, 15) is 14.9 Å². The summed E-state index contributed by atoms with van der Waals surface area (Å²) in [6.07, 6.45) is -3.33. The van der Waals surface area contributed by atoms with Crippen molar-refractivity contribution in [2.75, 3.05) is 13.2 Å². The number of carbonyl (C=O) groups is 1. The Kier molecular flexibility index (Phi) is 5.36. The molecule has 1 aromatic heterocycles. The number of rotatable bonds is 5. The zero-order chi connectivity index (χ0) is 23.3. The second kappa shape index (κ2) is 8.10. The molecule has 0 radical (unpaired) electrons. The van der Waals surface area contributed by atoms with Crippen molar-refractivity contribution in [3.63, 3.8) is 0 Å². The number of ether oxygens (including phenoxy) is 4. The average Bonchev–Trinajstić information content (AvgIpc) is 3.43. The molecule has 5 rings (SSSR count). The molecule has 12 heteroatoms. The third-order valence-electron chi connectivity index (χ3n) is 6.27. The summed E-state index contributed by atoms with van der Waals surface area (Å²) in [5.41, 5.74) is 1.95. The Balaban J connectivity index is 1.63. The van der Waals surface area contributed by atoms with E-state index in [0.717, 1.165) is 16.7 Å². The van der Waals surface area contributed by atoms with Crippen molar-refractivity contribution in [3.8, 4) is 0 Å². The van der Waals surface area contributed by atoms with Crippen LogP contribution in [0.2, 0.25) is 5.02 Å². The number of pyridine rings is 1. The number of aryl methyl sites for hydroxylation is 1. The number of fused-ring (bicyclic) bond motifs is 2. The molecule has 4 heterocycles. The van der Waals surface area contributed by atoms with Crippen molar-refractivity contribution >= 4 is 17.8 Å². The number of halogens is 1. The summed E-state index contributed by atoms with van der Waals surface area (Å²) in [4.78, 5) is 31.9. The Morgan fingerprint density at radius 3 is 2.76 bits per heavy atom. The minimum Gasteiger partial charge on any atom is -0.450 e. The number of benzene rings is 1. The van der Waals surface area contributed by atoms with Gasteiger partial charge >= 0.3 is 6.16 Å². The number of carboxylic acid groups (broad SMARTS) is 1. The van der Waals surface area contributed by atoms with E-state index in [1.165, 1.54) is 0 Å². The van der Waals surface area contributed by atoms with Crippen LogP contribution in [0.1, 0.15) is 34.1 Å². The van der Waals surface area contributed by atoms with Gasteiger partial charge in [0.05, 0.1) is 19.8 Å². The van der Waals surface area contributed by atoms with E-state index in [0.29, 0.717) is 16.3 Å². The summed E-state index contributed by atoms with van der Waals surface area (Å²) in [6.45, 7) is 1.59. The van der Waals surface area contributed by atoms with Gasteiger partial charge in [-0.3, -0.25) is 4.98 Å². The number of hydrogen-bond acceptors (Lipinski definition) is 9. The maximum Gasteiger partial charge on any atom is 0.506 e. The first kappa shape index (κ1) is 21.8. The standard InChI is InChI=1S/C21H19ClN2O9/c1-10-17(14-7-29-18(13(14)6-23-10)11-2-4-12(22)5-3-11)21-16(33-24(27)28)9-30-19(21)15(8-31-21)32-20(25)26/h2-6,15-16,18-19H,7-9H2,1H3,(H,25,26)/t15-,16-,18?,19-,21+/m1/s1. The van der Waals surface area contributed by atoms with Gasteiger partial charge in [-0.15, -0.1) is 10.1 Å². The highest BCUT2D eigenvalue weighted by atomic mass is 35.5. The molecule has 11 nitrogen and oxygen atoms in total. The molecule has 2 fully saturated rings. The highest BCUT2D eigenvalue weighted by molar-refractivity contribution is 6.30. The lowest BCUT2D eigenvalue weighted by Crippen LogP contribution is -2.48. The molecular formula is C21H19ClN2O9. The SMILES string of the molecule is Cc1ncc2c(c1[C@]13OC[C@@H](OC(=O)O)[C@H]1OC[C@H]3O[N+](=O)[O-])COC2c1ccc(Cl)cc1. The fourth-order valence-corrected chi connectivity index (χ4v) is 5.17. The van der Waals surface area contributed by atoms with Crippen LogP contribution in [0.4, 0.5) is 4.79 Å². The van der Waals surface area contributed by atoms with E-state index < -0.39 is 41.3 Å². The van der Waals surface area contributed by atoms with Gasteiger partial charge in [-0.05, 0) is 30.2 Å². The Labute approximate surface area is 192 Å². The van der Waals surface area contributed by atoms with E-state index in [4.69, 9.17) is 40.5 Å². The summed E-state index contributed by atoms with van der Waals surface area (Å²) in [7, 11) is 0. The zero-order valence-corrected chi connectivity index (χ0v) is 18.1. The summed E-state index contributed by atoms with van der Waals surface area (Å²) < 4.78 is 22.9. The zero-order valence-electron chi connectivity index (χ0n) is 17.3. The van der Waals surface area contributed by atoms with E-state index in [1.54, 1.807) is 25.3 Å². The van der Waals surface area contributed by atoms with Crippen LogP contribution < -0.4 is 0 Å². The molecule has 1 unspecified atom stereocenters. The Morgan fingerprint density at radius 2 is 2.06 bits per heavy atom. The lowest BCUT2D eigenvalue weighted by Gasteiger charge is -2.34. The first-order chi connectivity index (χ1) is 15.8. The molecular weight excluding hydrogens is 460 g/mol. The van der Waals surface area contributed by atoms with Gasteiger partial charge in [0.2, 0.25) is 0 Å². The molecule has 3 aliphatic heterocycles. The molecule has 3 aliphatic rings. The van der Waals surface area contributed by atoms with Crippen LogP contribution in [0.3, 0.4) is 0 Å². The van der Waals surface area contributed by atoms with Crippen molar-refractivity contribution in [2.24, 2.45) is 0 Å². The Morgan fingerprint density at radius 1 is 1.30 bits per heavy atom. The van der Waals surface area contributed by atoms with Gasteiger partial charge < -0.3 is 28.9 Å². The van der Waals surface area contributed by atoms with Crippen LogP contribution in [-0.4, -0.2) is 52.9 Å². The lowest BCUT2D eigenvalue weighted by atomic mass is 9.80. The summed E-state index contributed by atoms with van der Waals surface area (Å²) in [5.74, 6) is 0. The molecule has 0 aliphatic carbocycles. The van der Waals surface area contributed by atoms with Crippen molar-refractivity contribution in [3.05, 3.63) is 73.5 Å². The Hall–Kier alpha value is -2.99. The molecule has 0 spiro atoms. The minimum atomic E-state index is -1.50. The van der Waals surface area contributed by atoms with E-state index in [-0.39, 0.29) is 19.8 Å². The topological polar surface area (TPSA) is 139 Å². The van der Waals surface area contributed by atoms with E-state index in [1.807, 2.05) is 12.1 Å². The van der Waals surface area contributed by atoms with E-state index >= 15 is 0 Å². The first-order valence-corrected chi connectivity index (χ1v) is 10.5. The molecule has 0 bridgehead atoms. The normalized spacial score (nSPS) is 30.0. The average molecular weight is 479 g/mol. The summed E-state index contributed by atoms with van der Waals surface area (Å²) in [5, 5.41) is 20.1. The molecule has 33 heavy (non-hydrogen) atoms. The van der Waals surface area contributed by atoms with Gasteiger partial charge in [-0.2, -0.15) is 0 Å². The molecule has 1 N–H and O–H groups in total. The van der Waals surface area contributed by atoms with Crippen LogP contribution >= 0.6 is 11.6 Å². The third kappa shape index (κ3) is 3.48. The van der Waals surface area contributed by atoms with Crippen LogP contribution in [-0.2, 0) is 36.0 Å². The predicted octanol–water partition coefficient (Wildman–Crippen LogP) is 2.93. The van der Waals surface area contributed by atoms with Gasteiger partial charge in [-0.1, -0.05) is 23.7 Å². The molecule has 2 saturated heterocycles. The maximum atomic E-state index is 11.3. The van der Waals surface area contributed by atoms with Gasteiger partial charge in [0.15, 0.2) is 17.8 Å². The van der Waals surface area contributed by atoms with Crippen LogP contribution in [0.5, 0.6) is 0 Å². The molecule has 174 valence electrons. The quantitative estimate of drug-likeness (QED) is 0.387. The van der Waals surface area contributed by atoms with Crippen molar-refractivity contribution < 1.29 is 38.8 Å². The highest BCUT2D eigenvalue weighted by Crippen LogP contribution is 2.52. The van der Waals surface area contributed by atoms with Crippen molar-refractivity contribution in [1.82, 2.24) is 4.98 Å². The van der Waals surface area contributed by atoms with Gasteiger partial charge in [0.1, 0.15) is 12.2 Å². The number of aromatic nitrogens is 1. The maximum absolute atomic E-state index is 11.3. The smallest absolute Gasteiger partial charge is 0.450 e. The fraction of sp³-hybridized carbons (Fsp3) is 0.429. The lowest BCUT2D eigenvalue weighted by molar-refractivity contribution is -0.772. The summed E-state index contributed by atoms with van der Waals surface area (Å²) >= 11 is 6.01. The van der Waals surface area contributed by atoms with Crippen molar-refractivity contribution in [1.29, 1.82) is 0 Å². The largest absolute Gasteiger partial charge is 0.506 e. The molecule has 0 saturated carbocycles. The molecule has 1 aromatic carbocycles. The van der Waals surface area contributed by atoms with Crippen molar-refractivity contribution in [2.45, 2.75) is 43.5 Å². The molecule has 2 aromatic rings. The second-order valence-electron chi connectivity index (χ2n) is 7.99. The van der Waals surface area contributed by atoms with Crippen LogP contribution in [0.25, 0.3) is 0 Å². The third-order valence-corrected chi connectivity index (χ3v) is 6.52. The highest BCUT2D eigenvalue weighted by Gasteiger charge is 2.65. The molecule has 0 amide bonds. The van der Waals surface area contributed by atoms with E-state index in [2.05, 4.69) is 4.98 Å². The monoisotopic (exact) mass is 478 g/mol. The fourth-order valence-electron chi connectivity index (χ4n) is 5.04. The minimum absolute atomic E-state index is 0.154. The Bertz CT molecular complexity index is 1110. The number of nitrogens with zero attached hydrogens (tertiary/aromatic N) is 2. The van der Waals surface area contributed by atoms with Crippen LogP contribution in [0, 0.1) is 17.0 Å². The van der Waals surface area contributed by atoms with Gasteiger partial charge in [-0.25, -0.2) is 4.79 Å². The predicted molar refractivity (Wildman–Crippen MR) is 109 cm³/mol. The van der Waals surface area contributed by atoms with Gasteiger partial charge in [0.25, 0.3) is 5.09 Å². The van der Waals surface area contributed by atoms with Crippen LogP contribution in [0.15, 0.2) is 30.5 Å². The number of hydrogen-bond donors (Lipinski definition) is 1. The summed E-state index contributed by atoms with van der Waals surface area (Å²) in [6, 6.07) is 7.22. The van der Waals surface area contributed by atoms with Gasteiger partial charge in [0, 0.05) is 28.0 Å². The second-order valence-corrected chi connectivity index (χ2v) is 8.43. The first-order valence-electron chi connectivity index (χ1n) is 10.1. The molecule has 5 atom stereocenters.